The second kappa shape index (κ2) is 10.5. The zero-order chi connectivity index (χ0) is 22.2. The third-order valence-corrected chi connectivity index (χ3v) is 5.19. The van der Waals surface area contributed by atoms with Crippen LogP contribution in [0.4, 0.5) is 14.2 Å². The molecule has 31 heavy (non-hydrogen) atoms. The lowest BCUT2D eigenvalue weighted by Gasteiger charge is -2.08. The smallest absolute Gasteiger partial charge is 0.344 e. The predicted octanol–water partition coefficient (Wildman–Crippen LogP) is 4.62. The molecule has 1 aromatic heterocycles. The summed E-state index contributed by atoms with van der Waals surface area (Å²) in [6.45, 7) is 2.01. The van der Waals surface area contributed by atoms with E-state index in [0.29, 0.717) is 6.54 Å². The molecule has 0 unspecified atom stereocenters. The third-order valence-electron chi connectivity index (χ3n) is 4.45. The molecule has 0 aliphatic heterocycles. The SMILES string of the molecule is Cc1ccc(COc2nsc(NC(=O)NCCCc3ccccc3)c2C(=O)O)c(F)c1. The Kier molecular flexibility index (Phi) is 7.55. The van der Waals surface area contributed by atoms with E-state index >= 15 is 0 Å². The minimum absolute atomic E-state index is 0.0486. The number of aromatic nitrogens is 1. The fourth-order valence-corrected chi connectivity index (χ4v) is 3.57. The topological polar surface area (TPSA) is 101 Å². The Labute approximate surface area is 183 Å². The summed E-state index contributed by atoms with van der Waals surface area (Å²) >= 11 is 0.789. The molecule has 7 nitrogen and oxygen atoms in total. The maximum Gasteiger partial charge on any atom is 0.344 e. The number of anilines is 1. The van der Waals surface area contributed by atoms with Crippen LogP contribution in [-0.4, -0.2) is 28.0 Å². The van der Waals surface area contributed by atoms with E-state index in [4.69, 9.17) is 4.74 Å². The van der Waals surface area contributed by atoms with Gasteiger partial charge in [0.1, 0.15) is 17.4 Å². The summed E-state index contributed by atoms with van der Waals surface area (Å²) in [7, 11) is 0. The van der Waals surface area contributed by atoms with E-state index in [-0.39, 0.29) is 28.6 Å². The van der Waals surface area contributed by atoms with Crippen molar-refractivity contribution in [3.63, 3.8) is 0 Å². The number of urea groups is 1. The van der Waals surface area contributed by atoms with Gasteiger partial charge in [-0.05, 0) is 48.5 Å². The highest BCUT2D eigenvalue weighted by Crippen LogP contribution is 2.31. The number of amides is 2. The normalized spacial score (nSPS) is 10.5. The molecule has 0 saturated heterocycles. The Morgan fingerprint density at radius 2 is 1.97 bits per heavy atom. The van der Waals surface area contributed by atoms with Crippen LogP contribution in [0.15, 0.2) is 48.5 Å². The summed E-state index contributed by atoms with van der Waals surface area (Å²) in [5.41, 5.74) is 1.95. The first-order valence-electron chi connectivity index (χ1n) is 9.63. The molecule has 0 saturated carbocycles. The zero-order valence-corrected chi connectivity index (χ0v) is 17.7. The summed E-state index contributed by atoms with van der Waals surface area (Å²) in [5.74, 6) is -1.91. The van der Waals surface area contributed by atoms with Crippen LogP contribution in [0, 0.1) is 12.7 Å². The van der Waals surface area contributed by atoms with Gasteiger partial charge in [-0.3, -0.25) is 5.32 Å². The molecule has 0 atom stereocenters. The molecular weight excluding hydrogens is 421 g/mol. The van der Waals surface area contributed by atoms with Gasteiger partial charge in [-0.25, -0.2) is 14.0 Å². The second-order valence-corrected chi connectivity index (χ2v) is 7.62. The Hall–Kier alpha value is -3.46. The van der Waals surface area contributed by atoms with Crippen molar-refractivity contribution in [3.8, 4) is 5.88 Å². The molecule has 2 aromatic carbocycles. The van der Waals surface area contributed by atoms with Gasteiger partial charge in [0, 0.05) is 12.1 Å². The number of carboxylic acid groups (broad SMARTS) is 1. The third kappa shape index (κ3) is 6.26. The lowest BCUT2D eigenvalue weighted by Crippen LogP contribution is -2.30. The van der Waals surface area contributed by atoms with Crippen LogP contribution in [0.3, 0.4) is 0 Å². The van der Waals surface area contributed by atoms with Crippen molar-refractivity contribution in [2.75, 3.05) is 11.9 Å². The molecule has 3 N–H and O–H groups in total. The molecular formula is C22H22FN3O4S. The van der Waals surface area contributed by atoms with Crippen LogP contribution in [0.5, 0.6) is 5.88 Å². The van der Waals surface area contributed by atoms with Gasteiger partial charge in [0.25, 0.3) is 0 Å². The average Bonchev–Trinajstić information content (AvgIpc) is 3.14. The molecule has 0 radical (unpaired) electrons. The number of ether oxygens (including phenoxy) is 1. The molecule has 1 heterocycles. The van der Waals surface area contributed by atoms with E-state index in [2.05, 4.69) is 15.0 Å². The Morgan fingerprint density at radius 3 is 2.68 bits per heavy atom. The molecule has 3 rings (SSSR count). The molecule has 0 fully saturated rings. The number of carbonyl (C=O) groups excluding carboxylic acids is 1. The molecule has 0 aliphatic rings. The number of rotatable bonds is 9. The lowest BCUT2D eigenvalue weighted by atomic mass is 10.1. The predicted molar refractivity (Wildman–Crippen MR) is 116 cm³/mol. The highest BCUT2D eigenvalue weighted by Gasteiger charge is 2.23. The summed E-state index contributed by atoms with van der Waals surface area (Å²) < 4.78 is 23.4. The minimum Gasteiger partial charge on any atom is -0.477 e. The lowest BCUT2D eigenvalue weighted by molar-refractivity contribution is 0.0693. The van der Waals surface area contributed by atoms with Gasteiger partial charge in [-0.15, -0.1) is 0 Å². The number of carboxylic acids is 1. The van der Waals surface area contributed by atoms with Gasteiger partial charge in [0.15, 0.2) is 5.56 Å². The van der Waals surface area contributed by atoms with Crippen molar-refractivity contribution in [3.05, 3.63) is 76.6 Å². The van der Waals surface area contributed by atoms with Crippen molar-refractivity contribution in [2.24, 2.45) is 0 Å². The van der Waals surface area contributed by atoms with Gasteiger partial charge < -0.3 is 15.2 Å². The first-order chi connectivity index (χ1) is 14.9. The van der Waals surface area contributed by atoms with Crippen LogP contribution >= 0.6 is 11.5 Å². The van der Waals surface area contributed by atoms with Crippen molar-refractivity contribution in [1.29, 1.82) is 0 Å². The van der Waals surface area contributed by atoms with Crippen molar-refractivity contribution >= 4 is 28.5 Å². The number of hydrogen-bond acceptors (Lipinski definition) is 5. The summed E-state index contributed by atoms with van der Waals surface area (Å²) in [6.07, 6.45) is 1.55. The molecule has 162 valence electrons. The van der Waals surface area contributed by atoms with E-state index in [1.54, 1.807) is 19.1 Å². The summed E-state index contributed by atoms with van der Waals surface area (Å²) in [6, 6.07) is 14.0. The molecule has 0 aliphatic carbocycles. The first-order valence-corrected chi connectivity index (χ1v) is 10.4. The van der Waals surface area contributed by atoms with E-state index in [1.807, 2.05) is 30.3 Å². The number of hydrogen-bond donors (Lipinski definition) is 3. The van der Waals surface area contributed by atoms with Crippen LogP contribution in [0.1, 0.15) is 33.5 Å². The second-order valence-electron chi connectivity index (χ2n) is 6.85. The summed E-state index contributed by atoms with van der Waals surface area (Å²) in [5, 5.41) is 14.8. The van der Waals surface area contributed by atoms with Crippen molar-refractivity contribution in [1.82, 2.24) is 9.69 Å². The van der Waals surface area contributed by atoms with Crippen LogP contribution in [0.2, 0.25) is 0 Å². The number of nitrogens with one attached hydrogen (secondary N) is 2. The number of carbonyl (C=O) groups is 2. The molecule has 0 spiro atoms. The standard InChI is InChI=1S/C22H22FN3O4S/c1-14-9-10-16(17(23)12-14)13-30-19-18(21(27)28)20(31-26-19)25-22(29)24-11-5-8-15-6-3-2-4-7-15/h2-4,6-7,9-10,12H,5,8,11,13H2,1H3,(H,27,28)(H2,24,25,29). The van der Waals surface area contributed by atoms with Crippen molar-refractivity contribution < 1.29 is 23.8 Å². The quantitative estimate of drug-likeness (QED) is 0.419. The Balaban J connectivity index is 1.55. The minimum atomic E-state index is -1.30. The molecule has 3 aromatic rings. The number of benzene rings is 2. The van der Waals surface area contributed by atoms with Crippen LogP contribution in [-0.2, 0) is 13.0 Å². The highest BCUT2D eigenvalue weighted by molar-refractivity contribution is 7.11. The van der Waals surface area contributed by atoms with Gasteiger partial charge in [0.2, 0.25) is 5.88 Å². The Bertz CT molecular complexity index is 1060. The average molecular weight is 444 g/mol. The number of nitrogens with zero attached hydrogens (tertiary/aromatic N) is 1. The summed E-state index contributed by atoms with van der Waals surface area (Å²) in [4.78, 5) is 23.8. The van der Waals surface area contributed by atoms with Crippen molar-refractivity contribution in [2.45, 2.75) is 26.4 Å². The maximum absolute atomic E-state index is 14.0. The number of aromatic carboxylic acids is 1. The first kappa shape index (κ1) is 22.2. The monoisotopic (exact) mass is 443 g/mol. The van der Waals surface area contributed by atoms with Gasteiger partial charge in [0.05, 0.1) is 0 Å². The molecule has 9 heteroatoms. The van der Waals surface area contributed by atoms with E-state index in [9.17, 15) is 19.1 Å². The Morgan fingerprint density at radius 1 is 1.19 bits per heavy atom. The fraction of sp³-hybridized carbons (Fsp3) is 0.227. The van der Waals surface area contributed by atoms with Gasteiger partial charge in [-0.1, -0.05) is 42.5 Å². The largest absolute Gasteiger partial charge is 0.477 e. The van der Waals surface area contributed by atoms with Crippen LogP contribution in [0.25, 0.3) is 0 Å². The van der Waals surface area contributed by atoms with Crippen LogP contribution < -0.4 is 15.4 Å². The van der Waals surface area contributed by atoms with E-state index in [1.165, 1.54) is 11.6 Å². The van der Waals surface area contributed by atoms with Gasteiger partial charge in [-0.2, -0.15) is 4.37 Å². The van der Waals surface area contributed by atoms with Gasteiger partial charge >= 0.3 is 12.0 Å². The zero-order valence-electron chi connectivity index (χ0n) is 16.9. The van der Waals surface area contributed by atoms with E-state index < -0.39 is 17.8 Å². The fourth-order valence-electron chi connectivity index (χ4n) is 2.85. The maximum atomic E-state index is 14.0. The number of aryl methyl sites for hydroxylation is 2. The molecule has 2 amide bonds. The number of halogens is 1. The molecule has 0 bridgehead atoms. The van der Waals surface area contributed by atoms with E-state index in [0.717, 1.165) is 29.9 Å². The highest BCUT2D eigenvalue weighted by atomic mass is 32.1.